The van der Waals surface area contributed by atoms with E-state index in [0.717, 1.165) is 5.69 Å². The van der Waals surface area contributed by atoms with Crippen LogP contribution in [-0.4, -0.2) is 48.2 Å². The lowest BCUT2D eigenvalue weighted by Gasteiger charge is -2.06. The van der Waals surface area contributed by atoms with E-state index in [1.54, 1.807) is 42.7 Å². The summed E-state index contributed by atoms with van der Waals surface area (Å²) in [6.45, 7) is 2.65. The number of esters is 2. The number of carbonyl (C=O) groups excluding carboxylic acids is 2. The van der Waals surface area contributed by atoms with E-state index in [4.69, 9.17) is 9.29 Å². The molecule has 1 N–H and O–H groups in total. The summed E-state index contributed by atoms with van der Waals surface area (Å²) < 4.78 is 40.9. The van der Waals surface area contributed by atoms with Gasteiger partial charge in [0, 0.05) is 6.20 Å². The van der Waals surface area contributed by atoms with Crippen molar-refractivity contribution in [1.29, 1.82) is 0 Å². The van der Waals surface area contributed by atoms with Gasteiger partial charge in [0.05, 0.1) is 41.7 Å². The molecule has 0 saturated heterocycles. The fourth-order valence-corrected chi connectivity index (χ4v) is 2.91. The molecule has 31 heavy (non-hydrogen) atoms. The van der Waals surface area contributed by atoms with Crippen molar-refractivity contribution in [3.05, 3.63) is 83.9 Å². The molecule has 164 valence electrons. The molecule has 0 spiro atoms. The number of carbonyl (C=O) groups is 2. The van der Waals surface area contributed by atoms with E-state index < -0.39 is 22.1 Å². The average Bonchev–Trinajstić information content (AvgIpc) is 3.18. The summed E-state index contributed by atoms with van der Waals surface area (Å²) in [7, 11) is -2.71. The number of aryl methyl sites for hydroxylation is 1. The van der Waals surface area contributed by atoms with Gasteiger partial charge in [0.1, 0.15) is 6.61 Å². The van der Waals surface area contributed by atoms with Crippen molar-refractivity contribution in [2.24, 2.45) is 0 Å². The number of aromatic nitrogens is 2. The Hall–Kier alpha value is -3.50. The Balaban J connectivity index is 0.000000285. The molecule has 3 aromatic rings. The molecule has 2 aromatic carbocycles. The normalized spacial score (nSPS) is 10.5. The third-order valence-electron chi connectivity index (χ3n) is 3.91. The van der Waals surface area contributed by atoms with Crippen LogP contribution >= 0.6 is 0 Å². The van der Waals surface area contributed by atoms with Crippen LogP contribution in [0.1, 0.15) is 26.4 Å². The first-order valence-corrected chi connectivity index (χ1v) is 10.5. The zero-order chi connectivity index (χ0) is 22.9. The van der Waals surface area contributed by atoms with Crippen LogP contribution in [0.3, 0.4) is 0 Å². The lowest BCUT2D eigenvalue weighted by molar-refractivity contribution is 0.0491. The van der Waals surface area contributed by atoms with E-state index in [1.807, 2.05) is 17.7 Å². The van der Waals surface area contributed by atoms with Gasteiger partial charge in [0.2, 0.25) is 0 Å². The molecule has 9 nitrogen and oxygen atoms in total. The molecule has 0 bridgehead atoms. The molecule has 0 aliphatic carbocycles. The molecule has 0 atom stereocenters. The van der Waals surface area contributed by atoms with Crippen molar-refractivity contribution in [2.45, 2.75) is 18.4 Å². The molecule has 0 aliphatic heterocycles. The molecule has 0 amide bonds. The van der Waals surface area contributed by atoms with E-state index in [-0.39, 0.29) is 11.5 Å². The minimum absolute atomic E-state index is 0.0741. The first-order chi connectivity index (χ1) is 14.7. The van der Waals surface area contributed by atoms with Crippen molar-refractivity contribution in [1.82, 2.24) is 9.55 Å². The van der Waals surface area contributed by atoms with Gasteiger partial charge in [-0.1, -0.05) is 24.3 Å². The number of ether oxygens (including phenoxy) is 2. The first kappa shape index (κ1) is 23.8. The van der Waals surface area contributed by atoms with E-state index >= 15 is 0 Å². The van der Waals surface area contributed by atoms with E-state index in [9.17, 15) is 18.0 Å². The molecule has 1 aromatic heterocycles. The minimum Gasteiger partial charge on any atom is -0.465 e. The Labute approximate surface area is 180 Å². The highest BCUT2D eigenvalue weighted by molar-refractivity contribution is 7.85. The zero-order valence-electron chi connectivity index (χ0n) is 17.0. The number of benzene rings is 2. The van der Waals surface area contributed by atoms with Crippen LogP contribution in [-0.2, 0) is 26.1 Å². The summed E-state index contributed by atoms with van der Waals surface area (Å²) in [6.07, 6.45) is 3.55. The number of imidazole rings is 1. The predicted molar refractivity (Wildman–Crippen MR) is 111 cm³/mol. The highest BCUT2D eigenvalue weighted by atomic mass is 32.2. The van der Waals surface area contributed by atoms with Gasteiger partial charge in [-0.2, -0.15) is 8.42 Å². The van der Waals surface area contributed by atoms with Gasteiger partial charge in [-0.3, -0.25) is 4.55 Å². The van der Waals surface area contributed by atoms with Crippen molar-refractivity contribution < 1.29 is 32.0 Å². The number of hydrogen-bond acceptors (Lipinski definition) is 7. The van der Waals surface area contributed by atoms with Crippen molar-refractivity contribution in [2.75, 3.05) is 13.7 Å². The lowest BCUT2D eigenvalue weighted by atomic mass is 10.1. The summed E-state index contributed by atoms with van der Waals surface area (Å²) in [5, 5.41) is 0. The molecule has 1 heterocycles. The molecule has 0 saturated carbocycles. The molecule has 0 unspecified atom stereocenters. The topological polar surface area (TPSA) is 125 Å². The Kier molecular flexibility index (Phi) is 8.47. The summed E-state index contributed by atoms with van der Waals surface area (Å²) in [5.41, 5.74) is 1.55. The van der Waals surface area contributed by atoms with Gasteiger partial charge in [-0.15, -0.1) is 0 Å². The highest BCUT2D eigenvalue weighted by Gasteiger charge is 2.11. The Morgan fingerprint density at radius 2 is 1.68 bits per heavy atom. The summed E-state index contributed by atoms with van der Waals surface area (Å²) >= 11 is 0. The predicted octanol–water partition coefficient (Wildman–Crippen LogP) is 2.77. The molecular formula is C21H22N2O7S. The SMILES string of the molecule is COC(=O)c1cccc(C(=O)OCCn2cnc(C)c2)c1.O=S(=O)(O)c1ccccc1. The smallest absolute Gasteiger partial charge is 0.338 e. The van der Waals surface area contributed by atoms with E-state index in [1.165, 1.54) is 25.3 Å². The zero-order valence-corrected chi connectivity index (χ0v) is 17.8. The molecule has 10 heteroatoms. The Morgan fingerprint density at radius 1 is 1.03 bits per heavy atom. The maximum absolute atomic E-state index is 11.9. The second-order valence-electron chi connectivity index (χ2n) is 6.25. The number of methoxy groups -OCH3 is 1. The van der Waals surface area contributed by atoms with Crippen LogP contribution in [0.15, 0.2) is 72.0 Å². The standard InChI is InChI=1S/C15H16N2O4.C6H6O3S/c1-11-9-17(10-16-11)6-7-21-15(19)13-5-3-4-12(8-13)14(18)20-2;7-10(8,9)6-4-2-1-3-5-6/h3-5,8-10H,6-7H2,1-2H3;1-5H,(H,7,8,9). The van der Waals surface area contributed by atoms with Crippen molar-refractivity contribution in [3.63, 3.8) is 0 Å². The van der Waals surface area contributed by atoms with Crippen LogP contribution in [0.4, 0.5) is 0 Å². The maximum atomic E-state index is 11.9. The summed E-state index contributed by atoms with van der Waals surface area (Å²) in [4.78, 5) is 27.3. The number of rotatable bonds is 6. The van der Waals surface area contributed by atoms with Crippen LogP contribution in [0, 0.1) is 6.92 Å². The lowest BCUT2D eigenvalue weighted by Crippen LogP contribution is -2.11. The highest BCUT2D eigenvalue weighted by Crippen LogP contribution is 2.08. The van der Waals surface area contributed by atoms with Gasteiger partial charge >= 0.3 is 11.9 Å². The monoisotopic (exact) mass is 446 g/mol. The average molecular weight is 446 g/mol. The van der Waals surface area contributed by atoms with Gasteiger partial charge in [0.15, 0.2) is 0 Å². The molecule has 3 rings (SSSR count). The van der Waals surface area contributed by atoms with Crippen molar-refractivity contribution >= 4 is 22.1 Å². The number of nitrogens with zero attached hydrogens (tertiary/aromatic N) is 2. The van der Waals surface area contributed by atoms with E-state index in [2.05, 4.69) is 9.72 Å². The van der Waals surface area contributed by atoms with Gasteiger partial charge in [0.25, 0.3) is 10.1 Å². The first-order valence-electron chi connectivity index (χ1n) is 9.07. The van der Waals surface area contributed by atoms with Gasteiger partial charge in [-0.25, -0.2) is 14.6 Å². The molecule has 0 aliphatic rings. The maximum Gasteiger partial charge on any atom is 0.338 e. The fourth-order valence-electron chi connectivity index (χ4n) is 2.40. The summed E-state index contributed by atoms with van der Waals surface area (Å²) in [5.74, 6) is -0.962. The third kappa shape index (κ3) is 7.68. The molecule has 0 fully saturated rings. The van der Waals surface area contributed by atoms with Crippen LogP contribution in [0.25, 0.3) is 0 Å². The third-order valence-corrected chi connectivity index (χ3v) is 4.77. The van der Waals surface area contributed by atoms with E-state index in [0.29, 0.717) is 17.7 Å². The second-order valence-corrected chi connectivity index (χ2v) is 7.67. The second kappa shape index (κ2) is 11.0. The van der Waals surface area contributed by atoms with Crippen LogP contribution in [0.5, 0.6) is 0 Å². The molecule has 0 radical (unpaired) electrons. The number of hydrogen-bond donors (Lipinski definition) is 1. The largest absolute Gasteiger partial charge is 0.465 e. The molecular weight excluding hydrogens is 424 g/mol. The summed E-state index contributed by atoms with van der Waals surface area (Å²) in [6, 6.07) is 13.7. The van der Waals surface area contributed by atoms with Gasteiger partial charge in [-0.05, 0) is 37.3 Å². The minimum atomic E-state index is -4.00. The fraction of sp³-hybridized carbons (Fsp3) is 0.190. The quantitative estimate of drug-likeness (QED) is 0.453. The van der Waals surface area contributed by atoms with Gasteiger partial charge < -0.3 is 14.0 Å². The van der Waals surface area contributed by atoms with Crippen LogP contribution < -0.4 is 0 Å². The Bertz CT molecular complexity index is 1130. The van der Waals surface area contributed by atoms with Crippen LogP contribution in [0.2, 0.25) is 0 Å². The van der Waals surface area contributed by atoms with Crippen molar-refractivity contribution in [3.8, 4) is 0 Å². The Morgan fingerprint density at radius 3 is 2.19 bits per heavy atom.